The largest absolute Gasteiger partial charge is 0.497 e. The third-order valence-corrected chi connectivity index (χ3v) is 5.94. The summed E-state index contributed by atoms with van der Waals surface area (Å²) in [5, 5.41) is 15.4. The number of rotatable bonds is 9. The average Bonchev–Trinajstić information content (AvgIpc) is 3.13. The van der Waals surface area contributed by atoms with Crippen LogP contribution in [0.3, 0.4) is 0 Å². The monoisotopic (exact) mass is 571 g/mol. The number of aliphatic imine (C=N–C) groups is 1. The van der Waals surface area contributed by atoms with Crippen molar-refractivity contribution < 1.29 is 9.47 Å². The summed E-state index contributed by atoms with van der Waals surface area (Å²) in [6.07, 6.45) is 0. The van der Waals surface area contributed by atoms with Crippen molar-refractivity contribution in [1.82, 2.24) is 30.3 Å². The van der Waals surface area contributed by atoms with Gasteiger partial charge in [-0.2, -0.15) is 0 Å². The van der Waals surface area contributed by atoms with Gasteiger partial charge < -0.3 is 24.7 Å². The van der Waals surface area contributed by atoms with Crippen LogP contribution in [0.25, 0.3) is 0 Å². The van der Waals surface area contributed by atoms with E-state index < -0.39 is 0 Å². The van der Waals surface area contributed by atoms with Gasteiger partial charge in [-0.1, -0.05) is 26.0 Å². The standard InChI is InChI=1S/C23H37N7O2.HI/c1-17(2)21(30-10-12-32-13-11-30)15-25-23(26-16-22-28-27-18(3)29(22)4)24-14-19-6-8-20(31-5)9-7-19;/h6-9,17,21H,10-16H2,1-5H3,(H2,24,25,26);1H. The van der Waals surface area contributed by atoms with Gasteiger partial charge in [0.1, 0.15) is 11.6 Å². The first-order chi connectivity index (χ1) is 15.5. The lowest BCUT2D eigenvalue weighted by molar-refractivity contribution is 0.00752. The molecule has 33 heavy (non-hydrogen) atoms. The van der Waals surface area contributed by atoms with Gasteiger partial charge in [-0.3, -0.25) is 4.90 Å². The Labute approximate surface area is 214 Å². The predicted molar refractivity (Wildman–Crippen MR) is 141 cm³/mol. The first kappa shape index (κ1) is 27.3. The Balaban J connectivity index is 0.00000385. The number of hydrogen-bond donors (Lipinski definition) is 2. The van der Waals surface area contributed by atoms with Crippen LogP contribution in [-0.4, -0.2) is 71.6 Å². The van der Waals surface area contributed by atoms with E-state index in [0.717, 1.165) is 61.8 Å². The third kappa shape index (κ3) is 8.11. The Morgan fingerprint density at radius 1 is 1.15 bits per heavy atom. The molecule has 10 heteroatoms. The summed E-state index contributed by atoms with van der Waals surface area (Å²) in [4.78, 5) is 7.34. The molecule has 1 fully saturated rings. The number of nitrogens with one attached hydrogen (secondary N) is 2. The van der Waals surface area contributed by atoms with Crippen LogP contribution in [0.2, 0.25) is 0 Å². The van der Waals surface area contributed by atoms with Gasteiger partial charge in [0.25, 0.3) is 0 Å². The van der Waals surface area contributed by atoms with Crippen molar-refractivity contribution in [1.29, 1.82) is 0 Å². The summed E-state index contributed by atoms with van der Waals surface area (Å²) < 4.78 is 12.8. The second-order valence-electron chi connectivity index (χ2n) is 8.43. The minimum atomic E-state index is 0. The van der Waals surface area contributed by atoms with E-state index in [1.807, 2.05) is 42.8 Å². The van der Waals surface area contributed by atoms with Crippen molar-refractivity contribution in [2.75, 3.05) is 40.0 Å². The number of guanidine groups is 1. The highest BCUT2D eigenvalue weighted by molar-refractivity contribution is 14.0. The Bertz CT molecular complexity index is 864. The van der Waals surface area contributed by atoms with Crippen LogP contribution in [0.1, 0.15) is 31.1 Å². The molecule has 0 amide bonds. The zero-order valence-electron chi connectivity index (χ0n) is 20.4. The third-order valence-electron chi connectivity index (χ3n) is 5.94. The fraction of sp³-hybridized carbons (Fsp3) is 0.609. The van der Waals surface area contributed by atoms with Gasteiger partial charge in [0.05, 0.1) is 33.4 Å². The molecule has 0 bridgehead atoms. The minimum absolute atomic E-state index is 0. The smallest absolute Gasteiger partial charge is 0.192 e. The number of nitrogens with zero attached hydrogens (tertiary/aromatic N) is 5. The van der Waals surface area contributed by atoms with E-state index in [1.54, 1.807) is 7.11 Å². The quantitative estimate of drug-likeness (QED) is 0.272. The summed E-state index contributed by atoms with van der Waals surface area (Å²) in [6, 6.07) is 8.40. The molecule has 1 aromatic heterocycles. The van der Waals surface area contributed by atoms with Gasteiger partial charge in [0, 0.05) is 32.7 Å². The van der Waals surface area contributed by atoms with Crippen LogP contribution in [-0.2, 0) is 24.9 Å². The molecule has 1 aliphatic rings. The molecule has 184 valence electrons. The maximum atomic E-state index is 5.54. The molecule has 1 atom stereocenters. The van der Waals surface area contributed by atoms with Crippen molar-refractivity contribution in [3.05, 3.63) is 41.5 Å². The molecule has 2 heterocycles. The van der Waals surface area contributed by atoms with E-state index in [2.05, 4.69) is 39.6 Å². The molecule has 1 saturated heterocycles. The summed E-state index contributed by atoms with van der Waals surface area (Å²) in [5.74, 6) is 3.89. The van der Waals surface area contributed by atoms with E-state index in [1.165, 1.54) is 0 Å². The first-order valence-corrected chi connectivity index (χ1v) is 11.3. The maximum absolute atomic E-state index is 5.54. The highest BCUT2D eigenvalue weighted by Gasteiger charge is 2.24. The number of morpholine rings is 1. The molecule has 0 spiro atoms. The number of methoxy groups -OCH3 is 1. The molecular formula is C23H38IN7O2. The second kappa shape index (κ2) is 13.7. The van der Waals surface area contributed by atoms with Crippen LogP contribution in [0, 0.1) is 12.8 Å². The molecule has 1 unspecified atom stereocenters. The van der Waals surface area contributed by atoms with Crippen molar-refractivity contribution in [2.24, 2.45) is 18.0 Å². The molecule has 1 aliphatic heterocycles. The number of aromatic nitrogens is 3. The van der Waals surface area contributed by atoms with Crippen molar-refractivity contribution in [3.63, 3.8) is 0 Å². The number of hydrogen-bond acceptors (Lipinski definition) is 6. The fourth-order valence-corrected chi connectivity index (χ4v) is 3.74. The number of ether oxygens (including phenoxy) is 2. The van der Waals surface area contributed by atoms with E-state index in [-0.39, 0.29) is 24.0 Å². The van der Waals surface area contributed by atoms with Gasteiger partial charge in [-0.15, -0.1) is 34.2 Å². The lowest BCUT2D eigenvalue weighted by atomic mass is 10.0. The van der Waals surface area contributed by atoms with Gasteiger partial charge in [-0.25, -0.2) is 4.99 Å². The highest BCUT2D eigenvalue weighted by atomic mass is 127. The second-order valence-corrected chi connectivity index (χ2v) is 8.43. The zero-order valence-corrected chi connectivity index (χ0v) is 22.7. The lowest BCUT2D eigenvalue weighted by Crippen LogP contribution is -2.52. The normalized spacial score (nSPS) is 15.8. The molecule has 2 aromatic rings. The summed E-state index contributed by atoms with van der Waals surface area (Å²) >= 11 is 0. The average molecular weight is 572 g/mol. The first-order valence-electron chi connectivity index (χ1n) is 11.3. The van der Waals surface area contributed by atoms with Crippen LogP contribution in [0.5, 0.6) is 5.75 Å². The van der Waals surface area contributed by atoms with Crippen molar-refractivity contribution >= 4 is 29.9 Å². The molecule has 1 aromatic carbocycles. The summed E-state index contributed by atoms with van der Waals surface area (Å²) in [5.41, 5.74) is 1.12. The number of halogens is 1. The molecule has 9 nitrogen and oxygen atoms in total. The SMILES string of the molecule is COc1ccc(CN=C(NCc2nnc(C)n2C)NCC(C(C)C)N2CCOCC2)cc1.I. The van der Waals surface area contributed by atoms with Crippen LogP contribution < -0.4 is 15.4 Å². The van der Waals surface area contributed by atoms with Crippen LogP contribution in [0.4, 0.5) is 0 Å². The Kier molecular flexibility index (Phi) is 11.3. The Morgan fingerprint density at radius 2 is 1.85 bits per heavy atom. The van der Waals surface area contributed by atoms with Gasteiger partial charge in [0.15, 0.2) is 11.8 Å². The van der Waals surface area contributed by atoms with Gasteiger partial charge in [0.2, 0.25) is 0 Å². The topological polar surface area (TPSA) is 88.8 Å². The molecule has 3 rings (SSSR count). The molecule has 2 N–H and O–H groups in total. The molecule has 0 saturated carbocycles. The molecular weight excluding hydrogens is 533 g/mol. The Morgan fingerprint density at radius 3 is 2.42 bits per heavy atom. The van der Waals surface area contributed by atoms with Gasteiger partial charge >= 0.3 is 0 Å². The fourth-order valence-electron chi connectivity index (χ4n) is 3.74. The van der Waals surface area contributed by atoms with E-state index in [0.29, 0.717) is 25.0 Å². The lowest BCUT2D eigenvalue weighted by Gasteiger charge is -2.37. The Hall–Kier alpha value is -1.92. The van der Waals surface area contributed by atoms with Crippen LogP contribution in [0.15, 0.2) is 29.3 Å². The predicted octanol–water partition coefficient (Wildman–Crippen LogP) is 2.34. The van der Waals surface area contributed by atoms with Gasteiger partial charge in [-0.05, 0) is 30.5 Å². The van der Waals surface area contributed by atoms with E-state index in [4.69, 9.17) is 14.5 Å². The zero-order chi connectivity index (χ0) is 22.9. The summed E-state index contributed by atoms with van der Waals surface area (Å²) in [7, 11) is 3.65. The minimum Gasteiger partial charge on any atom is -0.497 e. The number of aryl methyl sites for hydroxylation is 1. The molecule has 0 radical (unpaired) electrons. The van der Waals surface area contributed by atoms with Crippen molar-refractivity contribution in [2.45, 2.75) is 39.9 Å². The van der Waals surface area contributed by atoms with E-state index in [9.17, 15) is 0 Å². The summed E-state index contributed by atoms with van der Waals surface area (Å²) in [6.45, 7) is 11.9. The highest BCUT2D eigenvalue weighted by Crippen LogP contribution is 2.13. The molecule has 0 aliphatic carbocycles. The van der Waals surface area contributed by atoms with Crippen LogP contribution >= 0.6 is 24.0 Å². The maximum Gasteiger partial charge on any atom is 0.192 e. The van der Waals surface area contributed by atoms with E-state index >= 15 is 0 Å². The number of benzene rings is 1. The van der Waals surface area contributed by atoms with Crippen molar-refractivity contribution in [3.8, 4) is 5.75 Å².